The first-order valence-electron chi connectivity index (χ1n) is 8.34. The third-order valence-corrected chi connectivity index (χ3v) is 6.99. The molecule has 0 aliphatic carbocycles. The van der Waals surface area contributed by atoms with Crippen LogP contribution in [0, 0.1) is 0 Å². The molecule has 6 atom stereocenters. The van der Waals surface area contributed by atoms with Gasteiger partial charge in [0.25, 0.3) is 5.56 Å². The van der Waals surface area contributed by atoms with Crippen molar-refractivity contribution in [3.05, 3.63) is 27.0 Å². The summed E-state index contributed by atoms with van der Waals surface area (Å²) in [6.07, 6.45) is -7.79. The van der Waals surface area contributed by atoms with Gasteiger partial charge in [-0.3, -0.25) is 14.3 Å². The van der Waals surface area contributed by atoms with Crippen molar-refractivity contribution in [1.82, 2.24) is 14.8 Å². The van der Waals surface area contributed by atoms with E-state index in [0.29, 0.717) is 6.20 Å². The van der Waals surface area contributed by atoms with Gasteiger partial charge < -0.3 is 29.4 Å². The van der Waals surface area contributed by atoms with Gasteiger partial charge in [0.05, 0.1) is 9.30 Å². The molecule has 31 heavy (non-hydrogen) atoms. The summed E-state index contributed by atoms with van der Waals surface area (Å²) in [5, 5.41) is 13.3. The van der Waals surface area contributed by atoms with Gasteiger partial charge in [-0.25, -0.2) is 27.3 Å². The Morgan fingerprint density at radius 2 is 1.87 bits per heavy atom. The molecular formula is C9H14F2N3O14P3. The Morgan fingerprint density at radius 1 is 1.26 bits per heavy atom. The van der Waals surface area contributed by atoms with Crippen LogP contribution in [0.2, 0.25) is 0 Å². The lowest BCUT2D eigenvalue weighted by molar-refractivity contribution is -0.0806. The number of aromatic nitrogens is 3. The predicted octanol–water partition coefficient (Wildman–Crippen LogP) is -1.79. The van der Waals surface area contributed by atoms with Gasteiger partial charge in [-0.2, -0.15) is 18.4 Å². The average molecular weight is 521 g/mol. The largest absolute Gasteiger partial charge is 0.490 e. The number of H-pyrrole nitrogens is 1. The van der Waals surface area contributed by atoms with E-state index in [2.05, 4.69) is 18.2 Å². The first-order chi connectivity index (χ1) is 14.7. The number of phosphoric acid groups is 3. The molecule has 1 aromatic rings. The number of halogens is 2. The van der Waals surface area contributed by atoms with Crippen molar-refractivity contribution in [2.24, 2.45) is 0 Å². The monoisotopic (exact) mass is 521 g/mol. The van der Waals surface area contributed by atoms with Crippen LogP contribution in [0.3, 0.4) is 0 Å². The van der Waals surface area contributed by atoms with Gasteiger partial charge in [-0.15, -0.1) is 0 Å². The topological polar surface area (TPSA) is 257 Å². The highest BCUT2D eigenvalue weighted by atomic mass is 31.3. The maximum absolute atomic E-state index is 15.1. The summed E-state index contributed by atoms with van der Waals surface area (Å²) < 4.78 is 93.0. The quantitative estimate of drug-likeness (QED) is 0.196. The number of ether oxygens (including phenoxy) is 1. The Balaban J connectivity index is 2.35. The molecule has 6 N–H and O–H groups in total. The van der Waals surface area contributed by atoms with Crippen LogP contribution in [0.4, 0.5) is 8.78 Å². The molecule has 17 nitrogen and oxygen atoms in total. The van der Waals surface area contributed by atoms with Crippen molar-refractivity contribution in [3.63, 3.8) is 0 Å². The number of hydrogen-bond donors (Lipinski definition) is 6. The van der Waals surface area contributed by atoms with Crippen LogP contribution in [0.15, 0.2) is 15.8 Å². The Morgan fingerprint density at radius 3 is 2.39 bits per heavy atom. The van der Waals surface area contributed by atoms with Crippen LogP contribution in [0.25, 0.3) is 0 Å². The van der Waals surface area contributed by atoms with Gasteiger partial charge in [0.2, 0.25) is 5.67 Å². The van der Waals surface area contributed by atoms with Crippen molar-refractivity contribution in [2.75, 3.05) is 13.2 Å². The van der Waals surface area contributed by atoms with Crippen LogP contribution in [0.1, 0.15) is 8.97 Å². The standard InChI is InChI=1S/C9H14F2N3O14P3/c10-3-9(11)6(16)4(26-7(9)14-8(17)13-5(15)1-12-14)2-25-30(21,22)28-31(23,24)27-29(18,19)20/h1,4,6-7,16H,2-3H2,(H,21,22)(H,23,24)(H,13,15,17)(H2,18,19,20)/t4-,6+,7-,9?/m1/s1/i2D2. The third-order valence-electron chi connectivity index (χ3n) is 3.33. The molecule has 0 radical (unpaired) electrons. The second kappa shape index (κ2) is 8.97. The second-order valence-electron chi connectivity index (χ2n) is 5.60. The zero-order chi connectivity index (χ0) is 25.6. The lowest BCUT2D eigenvalue weighted by atomic mass is 9.98. The molecule has 22 heteroatoms. The molecular weight excluding hydrogens is 505 g/mol. The second-order valence-corrected chi connectivity index (χ2v) is 9.94. The summed E-state index contributed by atoms with van der Waals surface area (Å²) in [5.41, 5.74) is -6.20. The molecule has 0 amide bonds. The van der Waals surface area contributed by atoms with E-state index in [1.165, 1.54) is 0 Å². The number of aromatic amines is 1. The Labute approximate surface area is 171 Å². The first-order valence-corrected chi connectivity index (χ1v) is 11.9. The highest BCUT2D eigenvalue weighted by Gasteiger charge is 2.60. The van der Waals surface area contributed by atoms with Crippen molar-refractivity contribution in [3.8, 4) is 0 Å². The van der Waals surface area contributed by atoms with E-state index in [4.69, 9.17) is 22.2 Å². The lowest BCUT2D eigenvalue weighted by Gasteiger charge is -2.25. The number of aliphatic hydroxyl groups excluding tert-OH is 1. The van der Waals surface area contributed by atoms with Gasteiger partial charge in [0, 0.05) is 0 Å². The van der Waals surface area contributed by atoms with Crippen molar-refractivity contribution < 1.29 is 67.8 Å². The minimum atomic E-state index is -6.15. The summed E-state index contributed by atoms with van der Waals surface area (Å²) in [6.45, 7) is -6.02. The molecule has 0 aromatic carbocycles. The Bertz CT molecular complexity index is 1160. The minimum Gasteiger partial charge on any atom is -0.387 e. The molecule has 3 unspecified atom stereocenters. The van der Waals surface area contributed by atoms with Gasteiger partial charge in [-0.05, 0) is 0 Å². The van der Waals surface area contributed by atoms with E-state index >= 15 is 4.39 Å². The van der Waals surface area contributed by atoms with E-state index in [-0.39, 0.29) is 4.68 Å². The zero-order valence-corrected chi connectivity index (χ0v) is 17.1. The van der Waals surface area contributed by atoms with Crippen LogP contribution >= 0.6 is 23.5 Å². The smallest absolute Gasteiger partial charge is 0.387 e. The summed E-state index contributed by atoms with van der Waals surface area (Å²) in [7, 11) is -18.0. The van der Waals surface area contributed by atoms with E-state index in [1.807, 2.05) is 0 Å². The highest BCUT2D eigenvalue weighted by molar-refractivity contribution is 7.66. The Hall–Kier alpha value is -1.20. The van der Waals surface area contributed by atoms with Crippen molar-refractivity contribution in [1.29, 1.82) is 0 Å². The van der Waals surface area contributed by atoms with Gasteiger partial charge in [0.15, 0.2) is 6.23 Å². The van der Waals surface area contributed by atoms with Crippen LogP contribution in [-0.2, 0) is 31.6 Å². The fourth-order valence-corrected chi connectivity index (χ4v) is 5.04. The third kappa shape index (κ3) is 6.41. The number of aliphatic hydroxyl groups is 1. The van der Waals surface area contributed by atoms with E-state index in [0.717, 1.165) is 0 Å². The van der Waals surface area contributed by atoms with Crippen molar-refractivity contribution in [2.45, 2.75) is 24.1 Å². The van der Waals surface area contributed by atoms with Gasteiger partial charge >= 0.3 is 29.2 Å². The summed E-state index contributed by atoms with van der Waals surface area (Å²) in [6, 6.07) is 0. The molecule has 0 saturated carbocycles. The summed E-state index contributed by atoms with van der Waals surface area (Å²) >= 11 is 0. The molecule has 2 rings (SSSR count). The Kier molecular flexibility index (Phi) is 6.65. The number of phosphoric ester groups is 1. The molecule has 1 fully saturated rings. The number of alkyl halides is 2. The molecule has 178 valence electrons. The number of rotatable bonds is 9. The maximum atomic E-state index is 15.1. The fourth-order valence-electron chi connectivity index (χ4n) is 2.17. The van der Waals surface area contributed by atoms with Gasteiger partial charge in [0.1, 0.15) is 25.1 Å². The lowest BCUT2D eigenvalue weighted by Crippen LogP contribution is -2.48. The van der Waals surface area contributed by atoms with Crippen LogP contribution in [-0.4, -0.2) is 70.6 Å². The molecule has 0 bridgehead atoms. The fraction of sp³-hybridized carbons (Fsp3) is 0.667. The highest BCUT2D eigenvalue weighted by Crippen LogP contribution is 2.66. The molecule has 1 aliphatic rings. The minimum absolute atomic E-state index is 0.0227. The van der Waals surface area contributed by atoms with E-state index in [9.17, 15) is 37.7 Å². The van der Waals surface area contributed by atoms with E-state index in [1.54, 1.807) is 4.98 Å². The van der Waals surface area contributed by atoms with Gasteiger partial charge in [-0.1, -0.05) is 0 Å². The molecule has 2 heterocycles. The molecule has 1 aromatic heterocycles. The average Bonchev–Trinajstić information content (AvgIpc) is 2.83. The molecule has 0 spiro atoms. The SMILES string of the molecule is [2H]C([2H])(OP(=O)(O)OP(=O)(O)OP(=O)(O)O)[C@H]1O[C@@H](n2ncc(=O)[nH]c2=O)C(F)(CF)[C@H]1O. The predicted molar refractivity (Wildman–Crippen MR) is 88.7 cm³/mol. The summed E-state index contributed by atoms with van der Waals surface area (Å²) in [4.78, 5) is 60.0. The van der Waals surface area contributed by atoms with Crippen molar-refractivity contribution >= 4 is 23.5 Å². The maximum Gasteiger partial charge on any atom is 0.490 e. The normalized spacial score (nSPS) is 32.0. The van der Waals surface area contributed by atoms with Crippen LogP contribution in [0.5, 0.6) is 0 Å². The zero-order valence-electron chi connectivity index (χ0n) is 16.4. The molecule has 1 aliphatic heterocycles. The van der Waals surface area contributed by atoms with Crippen LogP contribution < -0.4 is 11.2 Å². The number of nitrogens with zero attached hydrogens (tertiary/aromatic N) is 2. The van der Waals surface area contributed by atoms with E-state index < -0.39 is 72.1 Å². The number of hydrogen-bond acceptors (Lipinski definition) is 11. The first kappa shape index (κ1) is 23.0. The molecule has 1 saturated heterocycles. The number of nitrogens with one attached hydrogen (secondary N) is 1. The summed E-state index contributed by atoms with van der Waals surface area (Å²) in [5.74, 6) is 0.